The fraction of sp³-hybridized carbons (Fsp3) is 0.143. The minimum atomic E-state index is -0.309. The molecule has 0 bridgehead atoms. The minimum absolute atomic E-state index is 0.309. The summed E-state index contributed by atoms with van der Waals surface area (Å²) in [4.78, 5) is 4.68. The number of pyridine rings is 1. The molecule has 0 radical (unpaired) electrons. The summed E-state index contributed by atoms with van der Waals surface area (Å²) in [6.45, 7) is 1.70. The summed E-state index contributed by atoms with van der Waals surface area (Å²) < 4.78 is 18.5. The van der Waals surface area contributed by atoms with Gasteiger partial charge in [0.15, 0.2) is 0 Å². The summed E-state index contributed by atoms with van der Waals surface area (Å²) >= 11 is 6.22. The maximum Gasteiger partial charge on any atom is 0.142 e. The molecule has 2 aromatic carbocycles. The minimum Gasteiger partial charge on any atom is -0.495 e. The average Bonchev–Trinajstić information content (AvgIpc) is 2.67. The highest BCUT2D eigenvalue weighted by atomic mass is 35.5. The van der Waals surface area contributed by atoms with E-state index in [1.807, 2.05) is 12.1 Å². The maximum absolute atomic E-state index is 13.3. The van der Waals surface area contributed by atoms with Gasteiger partial charge in [-0.25, -0.2) is 9.37 Å². The monoisotopic (exact) mass is 398 g/mol. The van der Waals surface area contributed by atoms with Gasteiger partial charge in [0.2, 0.25) is 0 Å². The third-order valence-electron chi connectivity index (χ3n) is 4.22. The lowest BCUT2D eigenvalue weighted by Gasteiger charge is -2.17. The van der Waals surface area contributed by atoms with E-state index < -0.39 is 0 Å². The number of nitrogens with one attached hydrogen (secondary N) is 3. The van der Waals surface area contributed by atoms with E-state index in [0.717, 1.165) is 11.3 Å². The zero-order valence-electron chi connectivity index (χ0n) is 15.7. The predicted molar refractivity (Wildman–Crippen MR) is 113 cm³/mol. The third kappa shape index (κ3) is 4.07. The SMILES string of the molecule is CNc1cc(-c2ccc(F)cc2)nc(Nc2ccc(OC)c(Cl)c2)c1C(C)=N. The molecule has 3 rings (SSSR count). The second-order valence-corrected chi connectivity index (χ2v) is 6.54. The quantitative estimate of drug-likeness (QED) is 0.464. The number of ether oxygens (including phenoxy) is 1. The lowest BCUT2D eigenvalue weighted by molar-refractivity contribution is 0.415. The highest BCUT2D eigenvalue weighted by Gasteiger charge is 2.16. The van der Waals surface area contributed by atoms with Crippen molar-refractivity contribution in [3.05, 3.63) is 64.9 Å². The van der Waals surface area contributed by atoms with Crippen LogP contribution in [0.2, 0.25) is 5.02 Å². The van der Waals surface area contributed by atoms with E-state index in [9.17, 15) is 4.39 Å². The lowest BCUT2D eigenvalue weighted by atomic mass is 10.1. The van der Waals surface area contributed by atoms with Crippen molar-refractivity contribution < 1.29 is 9.13 Å². The molecule has 0 saturated heterocycles. The third-order valence-corrected chi connectivity index (χ3v) is 4.51. The Hall–Kier alpha value is -3.12. The number of hydrogen-bond donors (Lipinski definition) is 3. The zero-order chi connectivity index (χ0) is 20.3. The van der Waals surface area contributed by atoms with Gasteiger partial charge in [0.05, 0.1) is 23.4 Å². The largest absolute Gasteiger partial charge is 0.495 e. The molecule has 0 unspecified atom stereocenters. The predicted octanol–water partition coefficient (Wildman–Crippen LogP) is 5.72. The van der Waals surface area contributed by atoms with Gasteiger partial charge < -0.3 is 20.8 Å². The molecule has 28 heavy (non-hydrogen) atoms. The summed E-state index contributed by atoms with van der Waals surface area (Å²) in [6.07, 6.45) is 0. The van der Waals surface area contributed by atoms with Crippen LogP contribution < -0.4 is 15.4 Å². The van der Waals surface area contributed by atoms with Crippen molar-refractivity contribution >= 4 is 34.5 Å². The number of nitrogens with zero attached hydrogens (tertiary/aromatic N) is 1. The van der Waals surface area contributed by atoms with Gasteiger partial charge in [0.25, 0.3) is 0 Å². The van der Waals surface area contributed by atoms with Crippen LogP contribution in [0.5, 0.6) is 5.75 Å². The van der Waals surface area contributed by atoms with Crippen molar-refractivity contribution in [1.82, 2.24) is 4.98 Å². The molecule has 3 aromatic rings. The molecule has 0 spiro atoms. The molecular weight excluding hydrogens is 379 g/mol. The maximum atomic E-state index is 13.3. The van der Waals surface area contributed by atoms with Crippen LogP contribution in [0.4, 0.5) is 21.6 Å². The first-order valence-electron chi connectivity index (χ1n) is 8.57. The van der Waals surface area contributed by atoms with Gasteiger partial charge in [-0.15, -0.1) is 0 Å². The number of aromatic nitrogens is 1. The van der Waals surface area contributed by atoms with E-state index in [0.29, 0.717) is 39.2 Å². The zero-order valence-corrected chi connectivity index (χ0v) is 16.5. The second-order valence-electron chi connectivity index (χ2n) is 6.13. The Bertz CT molecular complexity index is 1020. The molecule has 0 saturated carbocycles. The van der Waals surface area contributed by atoms with Gasteiger partial charge >= 0.3 is 0 Å². The average molecular weight is 399 g/mol. The van der Waals surface area contributed by atoms with Crippen LogP contribution in [-0.4, -0.2) is 24.9 Å². The van der Waals surface area contributed by atoms with Crippen LogP contribution in [0, 0.1) is 11.2 Å². The first-order chi connectivity index (χ1) is 13.4. The van der Waals surface area contributed by atoms with Crippen LogP contribution in [0.1, 0.15) is 12.5 Å². The van der Waals surface area contributed by atoms with Gasteiger partial charge in [0, 0.05) is 29.7 Å². The highest BCUT2D eigenvalue weighted by Crippen LogP contribution is 2.33. The normalized spacial score (nSPS) is 10.5. The van der Waals surface area contributed by atoms with Crippen LogP contribution >= 0.6 is 11.6 Å². The molecule has 0 aliphatic carbocycles. The molecule has 144 valence electrons. The van der Waals surface area contributed by atoms with Crippen molar-refractivity contribution in [3.8, 4) is 17.0 Å². The van der Waals surface area contributed by atoms with Crippen molar-refractivity contribution in [2.24, 2.45) is 0 Å². The summed E-state index contributed by atoms with van der Waals surface area (Å²) in [5.41, 5.74) is 3.85. The molecule has 7 heteroatoms. The van der Waals surface area contributed by atoms with E-state index in [2.05, 4.69) is 15.6 Å². The second kappa shape index (κ2) is 8.27. The Morgan fingerprint density at radius 3 is 2.43 bits per heavy atom. The molecule has 1 heterocycles. The molecule has 0 amide bonds. The van der Waals surface area contributed by atoms with Gasteiger partial charge in [-0.3, -0.25) is 0 Å². The Morgan fingerprint density at radius 1 is 1.14 bits per heavy atom. The van der Waals surface area contributed by atoms with E-state index in [-0.39, 0.29) is 5.82 Å². The van der Waals surface area contributed by atoms with E-state index >= 15 is 0 Å². The standard InChI is InChI=1S/C21H20ClFN4O/c1-12(24)20-18(25-2)11-17(13-4-6-14(23)7-5-13)27-21(20)26-15-8-9-19(28-3)16(22)10-15/h4-11,24H,1-3H3,(H2,25,26,27). The number of anilines is 3. The van der Waals surface area contributed by atoms with E-state index in [1.54, 1.807) is 45.3 Å². The van der Waals surface area contributed by atoms with Crippen LogP contribution in [-0.2, 0) is 0 Å². The first-order valence-corrected chi connectivity index (χ1v) is 8.95. The molecule has 3 N–H and O–H groups in total. The number of hydrogen-bond acceptors (Lipinski definition) is 5. The Morgan fingerprint density at radius 2 is 1.86 bits per heavy atom. The molecule has 0 fully saturated rings. The number of benzene rings is 2. The van der Waals surface area contributed by atoms with E-state index in [4.69, 9.17) is 21.7 Å². The Labute approximate surface area is 168 Å². The van der Waals surface area contributed by atoms with Crippen molar-refractivity contribution in [1.29, 1.82) is 5.41 Å². The van der Waals surface area contributed by atoms with Gasteiger partial charge in [-0.2, -0.15) is 0 Å². The van der Waals surface area contributed by atoms with Gasteiger partial charge in [-0.1, -0.05) is 11.6 Å². The van der Waals surface area contributed by atoms with Crippen molar-refractivity contribution in [2.75, 3.05) is 24.8 Å². The molecule has 0 aliphatic rings. The number of rotatable bonds is 6. The summed E-state index contributed by atoms with van der Waals surface area (Å²) in [7, 11) is 3.34. The van der Waals surface area contributed by atoms with Gasteiger partial charge in [0.1, 0.15) is 17.4 Å². The molecule has 5 nitrogen and oxygen atoms in total. The first kappa shape index (κ1) is 19.6. The molecular formula is C21H20ClFN4O. The van der Waals surface area contributed by atoms with Crippen LogP contribution in [0.3, 0.4) is 0 Å². The van der Waals surface area contributed by atoms with Crippen molar-refractivity contribution in [3.63, 3.8) is 0 Å². The summed E-state index contributed by atoms with van der Waals surface area (Å²) in [5.74, 6) is 0.760. The fourth-order valence-corrected chi connectivity index (χ4v) is 3.12. The van der Waals surface area contributed by atoms with Gasteiger partial charge in [-0.05, 0) is 55.5 Å². The molecule has 0 aliphatic heterocycles. The molecule has 0 atom stereocenters. The van der Waals surface area contributed by atoms with Crippen molar-refractivity contribution in [2.45, 2.75) is 6.92 Å². The molecule has 1 aromatic heterocycles. The van der Waals surface area contributed by atoms with Crippen LogP contribution in [0.15, 0.2) is 48.5 Å². The number of methoxy groups -OCH3 is 1. The summed E-state index contributed by atoms with van der Waals surface area (Å²) in [6, 6.07) is 13.3. The number of halogens is 2. The van der Waals surface area contributed by atoms with Crippen LogP contribution in [0.25, 0.3) is 11.3 Å². The fourth-order valence-electron chi connectivity index (χ4n) is 2.86. The highest BCUT2D eigenvalue weighted by molar-refractivity contribution is 6.32. The topological polar surface area (TPSA) is 70.0 Å². The lowest BCUT2D eigenvalue weighted by Crippen LogP contribution is -2.08. The summed E-state index contributed by atoms with van der Waals surface area (Å²) in [5, 5.41) is 15.0. The van der Waals surface area contributed by atoms with E-state index in [1.165, 1.54) is 12.1 Å². The Balaban J connectivity index is 2.11. The Kier molecular flexibility index (Phi) is 5.80. The smallest absolute Gasteiger partial charge is 0.142 e.